The summed E-state index contributed by atoms with van der Waals surface area (Å²) in [5, 5.41) is 11.6. The lowest BCUT2D eigenvalue weighted by Gasteiger charge is -2.36. The number of hydrogen-bond acceptors (Lipinski definition) is 9. The number of hydrogen-bond donors (Lipinski definition) is 3. The fourth-order valence-corrected chi connectivity index (χ4v) is 5.38. The molecule has 0 amide bonds. The number of carboxylic acid groups (broad SMARTS) is 1. The number of rotatable bonds is 10. The summed E-state index contributed by atoms with van der Waals surface area (Å²) >= 11 is 5.74. The molecule has 2 atom stereocenters. The predicted molar refractivity (Wildman–Crippen MR) is 124 cm³/mol. The zero-order valence-corrected chi connectivity index (χ0v) is 20.4. The maximum absolute atomic E-state index is 14.2. The Balaban J connectivity index is 1.44. The molecule has 2 aromatic heterocycles. The maximum Gasteiger partial charge on any atom is 0.459 e. The van der Waals surface area contributed by atoms with E-state index in [4.69, 9.17) is 31.1 Å². The van der Waals surface area contributed by atoms with E-state index in [-0.39, 0.29) is 41.2 Å². The summed E-state index contributed by atoms with van der Waals surface area (Å²) in [5.74, 6) is -2.23. The fourth-order valence-electron chi connectivity index (χ4n) is 3.64. The lowest BCUT2D eigenvalue weighted by molar-refractivity contribution is -0.138. The molecule has 2 heterocycles. The van der Waals surface area contributed by atoms with Crippen LogP contribution in [-0.4, -0.2) is 50.4 Å². The van der Waals surface area contributed by atoms with Crippen LogP contribution in [-0.2, 0) is 13.9 Å². The number of carbonyl (C=O) groups is 1. The van der Waals surface area contributed by atoms with Gasteiger partial charge in [0.05, 0.1) is 20.0 Å². The van der Waals surface area contributed by atoms with Crippen molar-refractivity contribution in [3.63, 3.8) is 0 Å². The lowest BCUT2D eigenvalue weighted by atomic mass is 9.81. The van der Waals surface area contributed by atoms with E-state index in [0.29, 0.717) is 24.0 Å². The molecule has 4 rings (SSSR count). The summed E-state index contributed by atoms with van der Waals surface area (Å²) in [6, 6.07) is 2.27. The van der Waals surface area contributed by atoms with Crippen LogP contribution in [0.3, 0.4) is 0 Å². The fraction of sp³-hybridized carbons (Fsp3) is 0.400. The van der Waals surface area contributed by atoms with Gasteiger partial charge in [-0.1, -0.05) is 11.6 Å². The number of aromatic nitrogens is 4. The zero-order valence-electron chi connectivity index (χ0n) is 18.7. The Morgan fingerprint density at radius 1 is 1.43 bits per heavy atom. The monoisotopic (exact) mass is 528 g/mol. The zero-order chi connectivity index (χ0) is 25.3. The van der Waals surface area contributed by atoms with Crippen LogP contribution in [0, 0.1) is 11.7 Å². The molecule has 1 aliphatic carbocycles. The van der Waals surface area contributed by atoms with Crippen LogP contribution in [0.1, 0.15) is 25.8 Å². The van der Waals surface area contributed by atoms with Crippen LogP contribution in [0.25, 0.3) is 11.2 Å². The summed E-state index contributed by atoms with van der Waals surface area (Å²) in [6.07, 6.45) is 2.87. The minimum absolute atomic E-state index is 0.0185. The molecule has 1 fully saturated rings. The number of nitrogens with one attached hydrogen (secondary N) is 1. The molecular formula is C20H23ClFN6O6P. The first-order valence-corrected chi connectivity index (χ1v) is 12.4. The molecule has 1 aliphatic rings. The van der Waals surface area contributed by atoms with Crippen molar-refractivity contribution in [2.45, 2.75) is 31.8 Å². The van der Waals surface area contributed by atoms with E-state index in [0.717, 1.165) is 6.07 Å². The van der Waals surface area contributed by atoms with Gasteiger partial charge in [0, 0.05) is 11.1 Å². The minimum atomic E-state index is -4.25. The molecule has 3 aromatic rings. The average Bonchev–Trinajstić information content (AvgIpc) is 3.17. The number of nitrogens with zero attached hydrogens (tertiary/aromatic N) is 4. The lowest BCUT2D eigenvalue weighted by Crippen LogP contribution is -2.35. The van der Waals surface area contributed by atoms with Crippen molar-refractivity contribution < 1.29 is 32.6 Å². The van der Waals surface area contributed by atoms with Gasteiger partial charge < -0.3 is 24.7 Å². The normalized spacial score (nSPS) is 20.1. The number of nitrogen functional groups attached to an aromatic ring is 1. The van der Waals surface area contributed by atoms with Gasteiger partial charge in [-0.2, -0.15) is 15.1 Å². The predicted octanol–water partition coefficient (Wildman–Crippen LogP) is 3.43. The molecule has 0 bridgehead atoms. The molecule has 35 heavy (non-hydrogen) atoms. The number of halogens is 2. The number of nitrogens with two attached hydrogens (primary N) is 1. The number of carboxylic acids is 1. The molecule has 1 aromatic carbocycles. The Morgan fingerprint density at radius 2 is 2.17 bits per heavy atom. The Bertz CT molecular complexity index is 1300. The van der Waals surface area contributed by atoms with Gasteiger partial charge >= 0.3 is 13.7 Å². The number of anilines is 1. The van der Waals surface area contributed by atoms with Crippen LogP contribution in [0.2, 0.25) is 5.02 Å². The molecule has 15 heteroatoms. The number of aliphatic carboxylic acids is 1. The van der Waals surface area contributed by atoms with Gasteiger partial charge in [-0.25, -0.2) is 13.9 Å². The Kier molecular flexibility index (Phi) is 7.13. The van der Waals surface area contributed by atoms with E-state index in [1.807, 2.05) is 4.57 Å². The van der Waals surface area contributed by atoms with Gasteiger partial charge in [-0.3, -0.25) is 9.32 Å². The maximum atomic E-state index is 14.2. The molecule has 0 spiro atoms. The van der Waals surface area contributed by atoms with Crippen molar-refractivity contribution in [2.75, 3.05) is 19.5 Å². The van der Waals surface area contributed by atoms with Crippen LogP contribution in [0.15, 0.2) is 24.5 Å². The van der Waals surface area contributed by atoms with Gasteiger partial charge in [0.1, 0.15) is 6.04 Å². The molecule has 1 saturated carbocycles. The summed E-state index contributed by atoms with van der Waals surface area (Å²) in [7, 11) is -2.78. The molecule has 12 nitrogen and oxygen atoms in total. The molecule has 0 aliphatic heterocycles. The quantitative estimate of drug-likeness (QED) is 0.330. The second kappa shape index (κ2) is 9.94. The second-order valence-corrected chi connectivity index (χ2v) is 10.2. The summed E-state index contributed by atoms with van der Waals surface area (Å²) < 4.78 is 45.4. The Morgan fingerprint density at radius 3 is 2.83 bits per heavy atom. The highest BCUT2D eigenvalue weighted by atomic mass is 35.5. The summed E-state index contributed by atoms with van der Waals surface area (Å²) in [5.41, 5.74) is 6.78. The SMILES string of the molecule is COc1nc(N)nc2c1ncn2C1CC(COP(=O)(N[C@@H](C)C(=O)O)Oc2ccc(Cl)cc2F)C1. The Labute approximate surface area is 204 Å². The average molecular weight is 529 g/mol. The minimum Gasteiger partial charge on any atom is -0.480 e. The molecule has 0 radical (unpaired) electrons. The van der Waals surface area contributed by atoms with E-state index in [1.165, 1.54) is 26.2 Å². The number of fused-ring (bicyclic) bond motifs is 1. The molecule has 1 unspecified atom stereocenters. The highest BCUT2D eigenvalue weighted by molar-refractivity contribution is 7.52. The summed E-state index contributed by atoms with van der Waals surface area (Å²) in [6.45, 7) is 1.25. The topological polar surface area (TPSA) is 164 Å². The van der Waals surface area contributed by atoms with E-state index < -0.39 is 25.6 Å². The van der Waals surface area contributed by atoms with Crippen molar-refractivity contribution in [1.29, 1.82) is 0 Å². The van der Waals surface area contributed by atoms with Crippen LogP contribution >= 0.6 is 19.3 Å². The van der Waals surface area contributed by atoms with Crippen molar-refractivity contribution in [1.82, 2.24) is 24.6 Å². The van der Waals surface area contributed by atoms with Gasteiger partial charge in [0.15, 0.2) is 22.7 Å². The molecule has 188 valence electrons. The van der Waals surface area contributed by atoms with Crippen LogP contribution < -0.4 is 20.1 Å². The first-order valence-electron chi connectivity index (χ1n) is 10.5. The van der Waals surface area contributed by atoms with E-state index in [1.54, 1.807) is 6.33 Å². The number of methoxy groups -OCH3 is 1. The van der Waals surface area contributed by atoms with Gasteiger partial charge in [-0.05, 0) is 43.9 Å². The van der Waals surface area contributed by atoms with Crippen molar-refractivity contribution in [2.24, 2.45) is 5.92 Å². The van der Waals surface area contributed by atoms with E-state index >= 15 is 0 Å². The van der Waals surface area contributed by atoms with E-state index in [2.05, 4.69) is 20.0 Å². The Hall–Kier alpha value is -2.99. The number of benzene rings is 1. The van der Waals surface area contributed by atoms with Crippen LogP contribution in [0.5, 0.6) is 11.6 Å². The third-order valence-corrected chi connectivity index (χ3v) is 7.38. The van der Waals surface area contributed by atoms with Gasteiger partial charge in [-0.15, -0.1) is 0 Å². The second-order valence-electron chi connectivity index (χ2n) is 8.05. The van der Waals surface area contributed by atoms with Crippen molar-refractivity contribution >= 4 is 42.4 Å². The van der Waals surface area contributed by atoms with Crippen molar-refractivity contribution in [3.8, 4) is 11.6 Å². The van der Waals surface area contributed by atoms with E-state index in [9.17, 15) is 18.9 Å². The van der Waals surface area contributed by atoms with Crippen LogP contribution in [0.4, 0.5) is 10.3 Å². The van der Waals surface area contributed by atoms with Gasteiger partial charge in [0.2, 0.25) is 11.8 Å². The smallest absolute Gasteiger partial charge is 0.459 e. The first kappa shape index (κ1) is 25.1. The standard InChI is InChI=1S/C20H23ClFN6O6P/c1-10(19(29)30)27-35(31,34-15-4-3-12(21)7-14(15)22)33-8-11-5-13(6-11)28-9-24-16-17(28)25-20(23)26-18(16)32-2/h3-4,7,9-11,13H,5-6,8H2,1-2H3,(H,27,31)(H,29,30)(H2,23,25,26)/t10-,11?,13?,35?/m0/s1. The number of imidazole rings is 1. The third kappa shape index (κ3) is 5.48. The van der Waals surface area contributed by atoms with Gasteiger partial charge in [0.25, 0.3) is 0 Å². The molecular weight excluding hydrogens is 506 g/mol. The first-order chi connectivity index (χ1) is 16.6. The largest absolute Gasteiger partial charge is 0.480 e. The van der Waals surface area contributed by atoms with Crippen molar-refractivity contribution in [3.05, 3.63) is 35.4 Å². The number of ether oxygens (including phenoxy) is 1. The third-order valence-electron chi connectivity index (χ3n) is 5.52. The highest BCUT2D eigenvalue weighted by Gasteiger charge is 2.37. The highest BCUT2D eigenvalue weighted by Crippen LogP contribution is 2.48. The molecule has 0 saturated heterocycles. The summed E-state index contributed by atoms with van der Waals surface area (Å²) in [4.78, 5) is 23.8. The molecule has 4 N–H and O–H groups in total.